The van der Waals surface area contributed by atoms with Gasteiger partial charge in [0.25, 0.3) is 0 Å². The molecule has 136 valence electrons. The maximum absolute atomic E-state index is 12.0. The van der Waals surface area contributed by atoms with Gasteiger partial charge in [0.05, 0.1) is 18.2 Å². The lowest BCUT2D eigenvalue weighted by Crippen LogP contribution is -2.55. The van der Waals surface area contributed by atoms with Crippen LogP contribution < -0.4 is 22.1 Å². The second-order valence-electron chi connectivity index (χ2n) is 6.23. The molecule has 0 heterocycles. The molecule has 0 aromatic rings. The smallest absolute Gasteiger partial charge is 0.247 e. The van der Waals surface area contributed by atoms with Gasteiger partial charge in [0.15, 0.2) is 0 Å². The van der Waals surface area contributed by atoms with Crippen LogP contribution in [0.25, 0.3) is 0 Å². The fourth-order valence-corrected chi connectivity index (χ4v) is 2.24. The van der Waals surface area contributed by atoms with Gasteiger partial charge in [-0.1, -0.05) is 19.9 Å². The van der Waals surface area contributed by atoms with Crippen molar-refractivity contribution in [2.45, 2.75) is 51.0 Å². The molecule has 0 spiro atoms. The lowest BCUT2D eigenvalue weighted by atomic mass is 9.89. The Kier molecular flexibility index (Phi) is 7.33. The highest BCUT2D eigenvalue weighted by Crippen LogP contribution is 2.20. The second-order valence-corrected chi connectivity index (χ2v) is 6.23. The van der Waals surface area contributed by atoms with E-state index < -0.39 is 42.0 Å². The molecule has 9 nitrogen and oxygen atoms in total. The molecule has 0 radical (unpaired) electrons. The van der Waals surface area contributed by atoms with Crippen LogP contribution in [0, 0.1) is 5.92 Å². The van der Waals surface area contributed by atoms with Gasteiger partial charge in [-0.2, -0.15) is 0 Å². The first-order valence-corrected chi connectivity index (χ1v) is 7.82. The zero-order chi connectivity index (χ0) is 18.4. The zero-order valence-corrected chi connectivity index (χ0v) is 13.9. The second kappa shape index (κ2) is 8.76. The molecule has 0 bridgehead atoms. The van der Waals surface area contributed by atoms with E-state index in [1.807, 2.05) is 0 Å². The fourth-order valence-electron chi connectivity index (χ4n) is 2.24. The van der Waals surface area contributed by atoms with Crippen LogP contribution in [0.4, 0.5) is 0 Å². The molecular formula is C15H26N4O5. The Hall–Kier alpha value is -1.97. The van der Waals surface area contributed by atoms with Crippen molar-refractivity contribution in [2.75, 3.05) is 6.54 Å². The monoisotopic (exact) mass is 342 g/mol. The van der Waals surface area contributed by atoms with E-state index in [2.05, 4.69) is 10.6 Å². The minimum Gasteiger partial charge on any atom is -0.390 e. The number of nitrogens with two attached hydrogens (primary N) is 2. The summed E-state index contributed by atoms with van der Waals surface area (Å²) >= 11 is 0. The van der Waals surface area contributed by atoms with Crippen LogP contribution in [0.3, 0.4) is 0 Å². The van der Waals surface area contributed by atoms with Gasteiger partial charge < -0.3 is 32.3 Å². The van der Waals surface area contributed by atoms with Crippen LogP contribution in [-0.2, 0) is 14.4 Å². The molecule has 1 aliphatic carbocycles. The Morgan fingerprint density at radius 3 is 2.50 bits per heavy atom. The third-order valence-electron chi connectivity index (χ3n) is 3.85. The summed E-state index contributed by atoms with van der Waals surface area (Å²) in [6.45, 7) is 3.63. The number of hydrogen-bond acceptors (Lipinski definition) is 6. The van der Waals surface area contributed by atoms with Gasteiger partial charge in [-0.05, 0) is 5.92 Å². The van der Waals surface area contributed by atoms with E-state index in [9.17, 15) is 24.6 Å². The molecular weight excluding hydrogens is 316 g/mol. The van der Waals surface area contributed by atoms with Gasteiger partial charge in [-0.15, -0.1) is 0 Å². The molecule has 0 unspecified atom stereocenters. The Morgan fingerprint density at radius 2 is 1.96 bits per heavy atom. The predicted molar refractivity (Wildman–Crippen MR) is 86.3 cm³/mol. The Labute approximate surface area is 140 Å². The van der Waals surface area contributed by atoms with E-state index in [0.717, 1.165) is 0 Å². The SMILES string of the molecule is CC(C)[C@@H](N)C(=O)N[C@@H]1C=C(C(=O)NCCC(N)=O)C[C@@H](O)[C@@H]1O. The molecule has 8 N–H and O–H groups in total. The summed E-state index contributed by atoms with van der Waals surface area (Å²) in [5.74, 6) is -1.62. The topological polar surface area (TPSA) is 168 Å². The summed E-state index contributed by atoms with van der Waals surface area (Å²) in [6, 6.07) is -1.69. The van der Waals surface area contributed by atoms with Crippen molar-refractivity contribution >= 4 is 17.7 Å². The highest BCUT2D eigenvalue weighted by atomic mass is 16.3. The maximum atomic E-state index is 12.0. The highest BCUT2D eigenvalue weighted by Gasteiger charge is 2.34. The lowest BCUT2D eigenvalue weighted by Gasteiger charge is -2.32. The third-order valence-corrected chi connectivity index (χ3v) is 3.85. The van der Waals surface area contributed by atoms with Gasteiger partial charge in [-0.3, -0.25) is 14.4 Å². The number of hydrogen-bond donors (Lipinski definition) is 6. The van der Waals surface area contributed by atoms with Crippen LogP contribution in [0.1, 0.15) is 26.7 Å². The number of nitrogens with one attached hydrogen (secondary N) is 2. The third kappa shape index (κ3) is 5.59. The van der Waals surface area contributed by atoms with Crippen LogP contribution in [0.15, 0.2) is 11.6 Å². The quantitative estimate of drug-likeness (QED) is 0.299. The Balaban J connectivity index is 2.77. The molecule has 24 heavy (non-hydrogen) atoms. The number of carbonyl (C=O) groups excluding carboxylic acids is 3. The van der Waals surface area contributed by atoms with Crippen molar-refractivity contribution in [2.24, 2.45) is 17.4 Å². The van der Waals surface area contributed by atoms with E-state index in [1.165, 1.54) is 6.08 Å². The van der Waals surface area contributed by atoms with E-state index >= 15 is 0 Å². The first-order chi connectivity index (χ1) is 11.1. The number of primary amides is 1. The Bertz CT molecular complexity index is 520. The summed E-state index contributed by atoms with van der Waals surface area (Å²) in [5.41, 5.74) is 10.9. The molecule has 0 saturated heterocycles. The number of rotatable bonds is 7. The molecule has 0 saturated carbocycles. The molecule has 0 aromatic carbocycles. The average Bonchev–Trinajstić information content (AvgIpc) is 2.49. The van der Waals surface area contributed by atoms with Crippen molar-refractivity contribution in [3.8, 4) is 0 Å². The van der Waals surface area contributed by atoms with Crippen molar-refractivity contribution < 1.29 is 24.6 Å². The van der Waals surface area contributed by atoms with Gasteiger partial charge in [0.1, 0.15) is 6.10 Å². The normalized spacial score (nSPS) is 24.9. The number of carbonyl (C=O) groups is 3. The molecule has 0 aromatic heterocycles. The van der Waals surface area contributed by atoms with Gasteiger partial charge in [-0.25, -0.2) is 0 Å². The summed E-state index contributed by atoms with van der Waals surface area (Å²) in [7, 11) is 0. The molecule has 4 atom stereocenters. The largest absolute Gasteiger partial charge is 0.390 e. The molecule has 1 aliphatic rings. The molecule has 0 fully saturated rings. The lowest BCUT2D eigenvalue weighted by molar-refractivity contribution is -0.126. The Morgan fingerprint density at radius 1 is 1.33 bits per heavy atom. The summed E-state index contributed by atoms with van der Waals surface area (Å²) in [5, 5.41) is 25.0. The van der Waals surface area contributed by atoms with Crippen molar-refractivity contribution in [1.29, 1.82) is 0 Å². The summed E-state index contributed by atoms with van der Waals surface area (Å²) < 4.78 is 0. The molecule has 3 amide bonds. The van der Waals surface area contributed by atoms with E-state index in [-0.39, 0.29) is 30.9 Å². The van der Waals surface area contributed by atoms with E-state index in [0.29, 0.717) is 0 Å². The molecule has 0 aliphatic heterocycles. The summed E-state index contributed by atoms with van der Waals surface area (Å²) in [4.78, 5) is 34.7. The average molecular weight is 342 g/mol. The van der Waals surface area contributed by atoms with Crippen molar-refractivity contribution in [3.63, 3.8) is 0 Å². The minimum atomic E-state index is -1.24. The van der Waals surface area contributed by atoms with Crippen LogP contribution in [0.2, 0.25) is 0 Å². The van der Waals surface area contributed by atoms with Crippen molar-refractivity contribution in [1.82, 2.24) is 10.6 Å². The van der Waals surface area contributed by atoms with Gasteiger partial charge >= 0.3 is 0 Å². The summed E-state index contributed by atoms with van der Waals surface area (Å²) in [6.07, 6.45) is -1.12. The fraction of sp³-hybridized carbons (Fsp3) is 0.667. The van der Waals surface area contributed by atoms with Gasteiger partial charge in [0, 0.05) is 25.0 Å². The zero-order valence-electron chi connectivity index (χ0n) is 13.9. The maximum Gasteiger partial charge on any atom is 0.247 e. The first kappa shape index (κ1) is 20.1. The van der Waals surface area contributed by atoms with Crippen LogP contribution in [0.5, 0.6) is 0 Å². The number of aliphatic hydroxyl groups excluding tert-OH is 2. The van der Waals surface area contributed by atoms with Crippen LogP contribution >= 0.6 is 0 Å². The van der Waals surface area contributed by atoms with Crippen LogP contribution in [-0.4, -0.2) is 58.8 Å². The molecule has 1 rings (SSSR count). The van der Waals surface area contributed by atoms with Crippen molar-refractivity contribution in [3.05, 3.63) is 11.6 Å². The standard InChI is InChI=1S/C15H26N4O5/c1-7(2)12(17)15(24)19-9-5-8(6-10(20)13(9)22)14(23)18-4-3-11(16)21/h5,7,9-10,12-13,20,22H,3-4,6,17H2,1-2H3,(H2,16,21)(H,18,23)(H,19,24)/t9-,10-,12-,13-/m1/s1. The van der Waals surface area contributed by atoms with E-state index in [4.69, 9.17) is 11.5 Å². The van der Waals surface area contributed by atoms with Gasteiger partial charge in [0.2, 0.25) is 17.7 Å². The number of aliphatic hydroxyl groups is 2. The highest BCUT2D eigenvalue weighted by molar-refractivity contribution is 5.94. The first-order valence-electron chi connectivity index (χ1n) is 7.82. The van der Waals surface area contributed by atoms with E-state index in [1.54, 1.807) is 13.8 Å². The molecule has 9 heteroatoms. The predicted octanol–water partition coefficient (Wildman–Crippen LogP) is -2.50. The number of amides is 3. The minimum absolute atomic E-state index is 0.00634.